The Morgan fingerprint density at radius 2 is 2.12 bits per heavy atom. The summed E-state index contributed by atoms with van der Waals surface area (Å²) in [6, 6.07) is 0. The number of ether oxygens (including phenoxy) is 1. The highest BCUT2D eigenvalue weighted by Gasteiger charge is 2.25. The molecular weight excluding hydrogens is 228 g/mol. The Bertz CT molecular complexity index is 484. The summed E-state index contributed by atoms with van der Waals surface area (Å²) in [5.74, 6) is -0.560. The van der Waals surface area contributed by atoms with E-state index in [1.165, 1.54) is 20.8 Å². The van der Waals surface area contributed by atoms with E-state index in [-0.39, 0.29) is 29.1 Å². The van der Waals surface area contributed by atoms with Crippen molar-refractivity contribution in [3.63, 3.8) is 0 Å². The first-order chi connectivity index (χ1) is 7.84. The van der Waals surface area contributed by atoms with Gasteiger partial charge >= 0.3 is 5.97 Å². The minimum Gasteiger partial charge on any atom is -0.618 e. The van der Waals surface area contributed by atoms with Gasteiger partial charge in [0, 0.05) is 13.8 Å². The van der Waals surface area contributed by atoms with Gasteiger partial charge in [-0.05, 0) is 6.92 Å². The van der Waals surface area contributed by atoms with Gasteiger partial charge in [0.05, 0.1) is 10.5 Å². The molecule has 0 amide bonds. The standard InChI is InChI=1S/C10H12N2O5/c1-6-7(2)11(14)4-9(5-17-8(3)13)10(6)12(15)16/h4H,5H2,1-3H3. The SMILES string of the molecule is CC(=O)OCc1c[n+]([O-])c(C)c(C)c1[N+](=O)[O-]. The molecule has 0 saturated heterocycles. The second-order valence-corrected chi connectivity index (χ2v) is 3.58. The summed E-state index contributed by atoms with van der Waals surface area (Å²) in [6.07, 6.45) is 1.06. The molecule has 0 aliphatic heterocycles. The van der Waals surface area contributed by atoms with Crippen molar-refractivity contribution in [1.82, 2.24) is 0 Å². The quantitative estimate of drug-likeness (QED) is 0.257. The van der Waals surface area contributed by atoms with Crippen molar-refractivity contribution < 1.29 is 19.2 Å². The highest BCUT2D eigenvalue weighted by Crippen LogP contribution is 2.24. The second-order valence-electron chi connectivity index (χ2n) is 3.58. The summed E-state index contributed by atoms with van der Waals surface area (Å²) >= 11 is 0. The average molecular weight is 240 g/mol. The Kier molecular flexibility index (Phi) is 3.62. The van der Waals surface area contributed by atoms with Gasteiger partial charge in [0.1, 0.15) is 12.2 Å². The molecule has 0 aliphatic carbocycles. The number of nitro groups is 1. The Balaban J connectivity index is 3.27. The maximum Gasteiger partial charge on any atom is 0.302 e. The number of carbonyl (C=O) groups excluding carboxylic acids is 1. The van der Waals surface area contributed by atoms with E-state index in [1.807, 2.05) is 0 Å². The molecule has 0 saturated carbocycles. The van der Waals surface area contributed by atoms with E-state index in [0.717, 1.165) is 6.20 Å². The first-order valence-corrected chi connectivity index (χ1v) is 4.84. The molecule has 0 aliphatic rings. The lowest BCUT2D eigenvalue weighted by Crippen LogP contribution is -2.32. The zero-order chi connectivity index (χ0) is 13.2. The van der Waals surface area contributed by atoms with Crippen LogP contribution in [-0.2, 0) is 16.1 Å². The monoisotopic (exact) mass is 240 g/mol. The van der Waals surface area contributed by atoms with Crippen LogP contribution >= 0.6 is 0 Å². The molecule has 0 unspecified atom stereocenters. The number of nitrogens with zero attached hydrogens (tertiary/aromatic N) is 2. The highest BCUT2D eigenvalue weighted by molar-refractivity contribution is 5.66. The van der Waals surface area contributed by atoms with Crippen molar-refractivity contribution in [3.8, 4) is 0 Å². The van der Waals surface area contributed by atoms with Crippen LogP contribution < -0.4 is 4.73 Å². The highest BCUT2D eigenvalue weighted by atomic mass is 16.6. The maximum absolute atomic E-state index is 11.4. The largest absolute Gasteiger partial charge is 0.618 e. The summed E-state index contributed by atoms with van der Waals surface area (Å²) < 4.78 is 5.20. The van der Waals surface area contributed by atoms with Crippen molar-refractivity contribution in [1.29, 1.82) is 0 Å². The average Bonchev–Trinajstić information content (AvgIpc) is 2.22. The molecule has 7 nitrogen and oxygen atoms in total. The number of hydrogen-bond acceptors (Lipinski definition) is 5. The number of carbonyl (C=O) groups is 1. The molecule has 1 aromatic rings. The first kappa shape index (κ1) is 12.9. The molecule has 0 fully saturated rings. The maximum atomic E-state index is 11.4. The summed E-state index contributed by atoms with van der Waals surface area (Å²) in [6.45, 7) is 3.89. The van der Waals surface area contributed by atoms with Gasteiger partial charge in [0.15, 0.2) is 11.9 Å². The van der Waals surface area contributed by atoms with Crippen LogP contribution in [0, 0.1) is 29.2 Å². The molecular formula is C10H12N2O5. The third-order valence-corrected chi connectivity index (χ3v) is 2.42. The number of hydrogen-bond donors (Lipinski definition) is 0. The van der Waals surface area contributed by atoms with Gasteiger partial charge in [-0.2, -0.15) is 4.73 Å². The van der Waals surface area contributed by atoms with E-state index in [0.29, 0.717) is 4.73 Å². The molecule has 0 aromatic carbocycles. The topological polar surface area (TPSA) is 96.4 Å². The smallest absolute Gasteiger partial charge is 0.302 e. The van der Waals surface area contributed by atoms with Gasteiger partial charge in [0.2, 0.25) is 0 Å². The van der Waals surface area contributed by atoms with Crippen LogP contribution in [0.25, 0.3) is 0 Å². The van der Waals surface area contributed by atoms with Crippen LogP contribution in [0.1, 0.15) is 23.7 Å². The van der Waals surface area contributed by atoms with E-state index in [9.17, 15) is 20.1 Å². The fourth-order valence-electron chi connectivity index (χ4n) is 1.42. The minimum absolute atomic E-state index is 0.0864. The lowest BCUT2D eigenvalue weighted by atomic mass is 10.1. The summed E-state index contributed by atoms with van der Waals surface area (Å²) in [4.78, 5) is 21.0. The van der Waals surface area contributed by atoms with E-state index < -0.39 is 10.9 Å². The van der Waals surface area contributed by atoms with Gasteiger partial charge in [0.25, 0.3) is 5.69 Å². The Morgan fingerprint density at radius 3 is 2.59 bits per heavy atom. The van der Waals surface area contributed by atoms with Crippen molar-refractivity contribution in [2.24, 2.45) is 0 Å². The van der Waals surface area contributed by atoms with Crippen molar-refractivity contribution in [2.75, 3.05) is 0 Å². The van der Waals surface area contributed by atoms with Crippen molar-refractivity contribution in [2.45, 2.75) is 27.4 Å². The number of rotatable bonds is 3. The first-order valence-electron chi connectivity index (χ1n) is 4.84. The van der Waals surface area contributed by atoms with Gasteiger partial charge in [-0.15, -0.1) is 0 Å². The molecule has 17 heavy (non-hydrogen) atoms. The molecule has 0 atom stereocenters. The van der Waals surface area contributed by atoms with E-state index in [4.69, 9.17) is 0 Å². The lowest BCUT2D eigenvalue weighted by Gasteiger charge is -2.08. The minimum atomic E-state index is -0.582. The summed E-state index contributed by atoms with van der Waals surface area (Å²) in [5.41, 5.74) is 0.428. The molecule has 1 aromatic heterocycles. The lowest BCUT2D eigenvalue weighted by molar-refractivity contribution is -0.614. The van der Waals surface area contributed by atoms with Gasteiger partial charge in [-0.3, -0.25) is 14.9 Å². The molecule has 1 heterocycles. The van der Waals surface area contributed by atoms with Crippen LogP contribution in [0.15, 0.2) is 6.20 Å². The molecule has 0 bridgehead atoms. The van der Waals surface area contributed by atoms with E-state index >= 15 is 0 Å². The normalized spacial score (nSPS) is 10.1. The second kappa shape index (κ2) is 4.77. The van der Waals surface area contributed by atoms with Gasteiger partial charge in [-0.25, -0.2) is 0 Å². The van der Waals surface area contributed by atoms with Crippen LogP contribution in [0.2, 0.25) is 0 Å². The fourth-order valence-corrected chi connectivity index (χ4v) is 1.42. The Hall–Kier alpha value is -2.18. The molecule has 0 spiro atoms. The number of pyridine rings is 1. The van der Waals surface area contributed by atoms with Gasteiger partial charge < -0.3 is 9.94 Å². The van der Waals surface area contributed by atoms with Crippen LogP contribution in [0.4, 0.5) is 5.69 Å². The molecule has 0 N–H and O–H groups in total. The summed E-state index contributed by atoms with van der Waals surface area (Å²) in [7, 11) is 0. The molecule has 0 radical (unpaired) electrons. The van der Waals surface area contributed by atoms with Gasteiger partial charge in [-0.1, -0.05) is 0 Å². The predicted octanol–water partition coefficient (Wildman–Crippen LogP) is 0.908. The van der Waals surface area contributed by atoms with Crippen LogP contribution in [0.5, 0.6) is 0 Å². The predicted molar refractivity (Wildman–Crippen MR) is 57.0 cm³/mol. The van der Waals surface area contributed by atoms with E-state index in [2.05, 4.69) is 4.74 Å². The Labute approximate surface area is 97.4 Å². The third-order valence-electron chi connectivity index (χ3n) is 2.42. The van der Waals surface area contributed by atoms with Crippen LogP contribution in [-0.4, -0.2) is 10.9 Å². The number of aromatic nitrogens is 1. The van der Waals surface area contributed by atoms with Crippen molar-refractivity contribution >= 4 is 11.7 Å². The van der Waals surface area contributed by atoms with Crippen molar-refractivity contribution in [3.05, 3.63) is 38.3 Å². The zero-order valence-corrected chi connectivity index (χ0v) is 9.72. The zero-order valence-electron chi connectivity index (χ0n) is 9.72. The molecule has 1 rings (SSSR count). The molecule has 7 heteroatoms. The number of esters is 1. The third kappa shape index (κ3) is 2.68. The summed E-state index contributed by atoms with van der Waals surface area (Å²) in [5, 5.41) is 22.3. The van der Waals surface area contributed by atoms with E-state index in [1.54, 1.807) is 0 Å². The van der Waals surface area contributed by atoms with Crippen LogP contribution in [0.3, 0.4) is 0 Å². The fraction of sp³-hybridized carbons (Fsp3) is 0.400. The molecule has 92 valence electrons. The Morgan fingerprint density at radius 1 is 1.53 bits per heavy atom.